The van der Waals surface area contributed by atoms with E-state index in [4.69, 9.17) is 10.8 Å². The van der Waals surface area contributed by atoms with Gasteiger partial charge in [0.1, 0.15) is 0 Å². The first-order valence-electron chi connectivity index (χ1n) is 6.89. The van der Waals surface area contributed by atoms with Crippen LogP contribution in [0.5, 0.6) is 0 Å². The third kappa shape index (κ3) is 3.09. The molecule has 1 aromatic rings. The zero-order valence-electron chi connectivity index (χ0n) is 12.0. The van der Waals surface area contributed by atoms with Crippen molar-refractivity contribution >= 4 is 0 Å². The topological polar surface area (TPSA) is 43.8 Å². The zero-order chi connectivity index (χ0) is 13.0. The van der Waals surface area contributed by atoms with Crippen molar-refractivity contribution in [2.24, 2.45) is 5.73 Å². The summed E-state index contributed by atoms with van der Waals surface area (Å²) in [6.07, 6.45) is 4.11. The Bertz CT molecular complexity index is 353. The minimum absolute atomic E-state index is 0.209. The minimum Gasteiger partial charge on any atom is -0.328 e. The number of nitrogens with zero attached hydrogens (tertiary/aromatic N) is 2. The summed E-state index contributed by atoms with van der Waals surface area (Å²) in [5, 5.41) is 4.78. The molecular formula is C14H27N3. The maximum Gasteiger partial charge on any atom is 0.0657 e. The molecule has 0 saturated carbocycles. The monoisotopic (exact) mass is 237 g/mol. The van der Waals surface area contributed by atoms with Crippen LogP contribution in [0.3, 0.4) is 0 Å². The summed E-state index contributed by atoms with van der Waals surface area (Å²) >= 11 is 0. The molecule has 17 heavy (non-hydrogen) atoms. The lowest BCUT2D eigenvalue weighted by atomic mass is 10.0. The summed E-state index contributed by atoms with van der Waals surface area (Å²) in [6.45, 7) is 10.9. The molecule has 0 aliphatic heterocycles. The molecule has 0 spiro atoms. The van der Waals surface area contributed by atoms with Gasteiger partial charge in [-0.15, -0.1) is 0 Å². The zero-order valence-corrected chi connectivity index (χ0v) is 12.0. The number of aryl methyl sites for hydroxylation is 1. The molecule has 0 fully saturated rings. The number of hydrogen-bond donors (Lipinski definition) is 1. The Morgan fingerprint density at radius 3 is 2.24 bits per heavy atom. The third-order valence-electron chi connectivity index (χ3n) is 3.41. The molecule has 1 heterocycles. The van der Waals surface area contributed by atoms with Gasteiger partial charge in [-0.1, -0.05) is 20.8 Å². The van der Waals surface area contributed by atoms with Crippen LogP contribution in [0.15, 0.2) is 0 Å². The van der Waals surface area contributed by atoms with Gasteiger partial charge in [-0.3, -0.25) is 4.68 Å². The van der Waals surface area contributed by atoms with Crippen LogP contribution < -0.4 is 5.73 Å². The van der Waals surface area contributed by atoms with Crippen molar-refractivity contribution in [1.29, 1.82) is 0 Å². The molecule has 1 rings (SSSR count). The fraction of sp³-hybridized carbons (Fsp3) is 0.786. The molecule has 0 radical (unpaired) electrons. The van der Waals surface area contributed by atoms with Crippen molar-refractivity contribution in [2.75, 3.05) is 0 Å². The van der Waals surface area contributed by atoms with Gasteiger partial charge in [0, 0.05) is 17.8 Å². The van der Waals surface area contributed by atoms with E-state index >= 15 is 0 Å². The average molecular weight is 237 g/mol. The molecule has 0 aromatic carbocycles. The third-order valence-corrected chi connectivity index (χ3v) is 3.41. The molecule has 2 atom stereocenters. The molecule has 3 heteroatoms. The Morgan fingerprint density at radius 1 is 1.18 bits per heavy atom. The van der Waals surface area contributed by atoms with E-state index in [1.54, 1.807) is 0 Å². The van der Waals surface area contributed by atoms with E-state index < -0.39 is 0 Å². The molecule has 0 saturated heterocycles. The average Bonchev–Trinajstić information content (AvgIpc) is 2.65. The lowest BCUT2D eigenvalue weighted by molar-refractivity contribution is 0.458. The van der Waals surface area contributed by atoms with Gasteiger partial charge in [-0.25, -0.2) is 0 Å². The van der Waals surface area contributed by atoms with E-state index in [-0.39, 0.29) is 6.04 Å². The first-order chi connectivity index (χ1) is 8.04. The predicted molar refractivity (Wildman–Crippen MR) is 73.3 cm³/mol. The van der Waals surface area contributed by atoms with Gasteiger partial charge >= 0.3 is 0 Å². The van der Waals surface area contributed by atoms with Gasteiger partial charge in [-0.05, 0) is 45.1 Å². The van der Waals surface area contributed by atoms with Gasteiger partial charge in [0.05, 0.1) is 5.69 Å². The number of nitrogens with two attached hydrogens (primary N) is 1. The quantitative estimate of drug-likeness (QED) is 0.826. The van der Waals surface area contributed by atoms with Crippen LogP contribution in [0.4, 0.5) is 0 Å². The second-order valence-corrected chi connectivity index (χ2v) is 4.96. The van der Waals surface area contributed by atoms with Crippen molar-refractivity contribution in [3.8, 4) is 0 Å². The van der Waals surface area contributed by atoms with Crippen molar-refractivity contribution in [3.05, 3.63) is 17.0 Å². The molecule has 3 nitrogen and oxygen atoms in total. The molecule has 2 N–H and O–H groups in total. The second kappa shape index (κ2) is 6.20. The van der Waals surface area contributed by atoms with E-state index in [0.717, 1.165) is 25.7 Å². The van der Waals surface area contributed by atoms with Gasteiger partial charge in [0.25, 0.3) is 0 Å². The summed E-state index contributed by atoms with van der Waals surface area (Å²) in [5.74, 6) is 0. The van der Waals surface area contributed by atoms with Crippen LogP contribution in [0.2, 0.25) is 0 Å². The highest BCUT2D eigenvalue weighted by molar-refractivity contribution is 5.28. The minimum atomic E-state index is 0.209. The molecule has 0 aliphatic rings. The van der Waals surface area contributed by atoms with Crippen LogP contribution in [-0.4, -0.2) is 15.8 Å². The van der Waals surface area contributed by atoms with Crippen LogP contribution >= 0.6 is 0 Å². The van der Waals surface area contributed by atoms with E-state index in [9.17, 15) is 0 Å². The molecule has 2 unspecified atom stereocenters. The fourth-order valence-corrected chi connectivity index (χ4v) is 2.31. The summed E-state index contributed by atoms with van der Waals surface area (Å²) < 4.78 is 2.22. The van der Waals surface area contributed by atoms with Crippen molar-refractivity contribution < 1.29 is 0 Å². The Labute approximate surface area is 105 Å². The van der Waals surface area contributed by atoms with E-state index in [2.05, 4.69) is 39.3 Å². The van der Waals surface area contributed by atoms with Crippen LogP contribution in [0.25, 0.3) is 0 Å². The molecule has 0 amide bonds. The summed E-state index contributed by atoms with van der Waals surface area (Å²) in [6, 6.07) is 0.692. The normalized spacial score (nSPS) is 14.9. The van der Waals surface area contributed by atoms with Crippen LogP contribution in [0.1, 0.15) is 64.0 Å². The van der Waals surface area contributed by atoms with Crippen molar-refractivity contribution in [1.82, 2.24) is 9.78 Å². The summed E-state index contributed by atoms with van der Waals surface area (Å²) in [7, 11) is 0. The smallest absolute Gasteiger partial charge is 0.0657 e. The lowest BCUT2D eigenvalue weighted by Crippen LogP contribution is -2.19. The molecule has 1 aromatic heterocycles. The maximum atomic E-state index is 5.95. The molecule has 0 aliphatic carbocycles. The number of rotatable bonds is 6. The Hall–Kier alpha value is -0.830. The number of aromatic nitrogens is 2. The lowest BCUT2D eigenvalue weighted by Gasteiger charge is -2.14. The first-order valence-corrected chi connectivity index (χ1v) is 6.89. The highest BCUT2D eigenvalue weighted by atomic mass is 15.3. The first kappa shape index (κ1) is 14.2. The summed E-state index contributed by atoms with van der Waals surface area (Å²) in [4.78, 5) is 0. The second-order valence-electron chi connectivity index (χ2n) is 4.96. The Balaban J connectivity index is 3.20. The fourth-order valence-electron chi connectivity index (χ4n) is 2.31. The Morgan fingerprint density at radius 2 is 1.82 bits per heavy atom. The maximum absolute atomic E-state index is 5.95. The molecule has 98 valence electrons. The summed E-state index contributed by atoms with van der Waals surface area (Å²) in [5.41, 5.74) is 9.96. The number of hydrogen-bond acceptors (Lipinski definition) is 2. The van der Waals surface area contributed by atoms with E-state index in [1.807, 2.05) is 0 Å². The molecule has 0 bridgehead atoms. The van der Waals surface area contributed by atoms with E-state index in [1.165, 1.54) is 17.0 Å². The van der Waals surface area contributed by atoms with Crippen LogP contribution in [0, 0.1) is 0 Å². The van der Waals surface area contributed by atoms with Gasteiger partial charge < -0.3 is 5.73 Å². The van der Waals surface area contributed by atoms with Crippen molar-refractivity contribution in [3.63, 3.8) is 0 Å². The van der Waals surface area contributed by atoms with Gasteiger partial charge in [0.15, 0.2) is 0 Å². The standard InChI is InChI=1S/C14H27N3/c1-6-11(5)17-14(8-3)12(9-10(4)15)13(7-2)16-17/h10-11H,6-9,15H2,1-5H3. The molecular weight excluding hydrogens is 210 g/mol. The van der Waals surface area contributed by atoms with Gasteiger partial charge in [-0.2, -0.15) is 5.10 Å². The predicted octanol–water partition coefficient (Wildman–Crippen LogP) is 2.87. The SMILES string of the molecule is CCc1nn(C(C)CC)c(CC)c1CC(C)N. The Kier molecular flexibility index (Phi) is 5.19. The van der Waals surface area contributed by atoms with Crippen LogP contribution in [-0.2, 0) is 19.3 Å². The van der Waals surface area contributed by atoms with Crippen molar-refractivity contribution in [2.45, 2.75) is 72.4 Å². The largest absolute Gasteiger partial charge is 0.328 e. The van der Waals surface area contributed by atoms with Gasteiger partial charge in [0.2, 0.25) is 0 Å². The highest BCUT2D eigenvalue weighted by Crippen LogP contribution is 2.22. The highest BCUT2D eigenvalue weighted by Gasteiger charge is 2.18. The van der Waals surface area contributed by atoms with E-state index in [0.29, 0.717) is 6.04 Å².